The highest BCUT2D eigenvalue weighted by atomic mass is 79.9. The van der Waals surface area contributed by atoms with Gasteiger partial charge < -0.3 is 10.6 Å². The molecule has 0 amide bonds. The summed E-state index contributed by atoms with van der Waals surface area (Å²) in [5.74, 6) is 0. The van der Waals surface area contributed by atoms with Gasteiger partial charge in [0.1, 0.15) is 6.07 Å². The van der Waals surface area contributed by atoms with Crippen LogP contribution in [-0.4, -0.2) is 0 Å². The number of benzene rings is 3. The van der Waals surface area contributed by atoms with Gasteiger partial charge in [0, 0.05) is 20.3 Å². The van der Waals surface area contributed by atoms with E-state index in [2.05, 4.69) is 48.6 Å². The van der Waals surface area contributed by atoms with Crippen molar-refractivity contribution >= 4 is 54.6 Å². The first-order chi connectivity index (χ1) is 11.7. The molecule has 0 heterocycles. The second-order valence-electron chi connectivity index (χ2n) is 5.10. The number of hydrogen-bond donors (Lipinski definition) is 2. The topological polar surface area (TPSA) is 47.9 Å². The van der Waals surface area contributed by atoms with Gasteiger partial charge in [0.2, 0.25) is 0 Å². The minimum atomic E-state index is 0.583. The van der Waals surface area contributed by atoms with Gasteiger partial charge in [-0.3, -0.25) is 0 Å². The molecular weight excluding hydrogens is 430 g/mol. The normalized spacial score (nSPS) is 10.0. The largest absolute Gasteiger partial charge is 0.354 e. The standard InChI is InChI=1S/C19H13Br2N3/c20-14-4-8-16(9-5-14)23-18-3-1-2-13(12-22)19(18)24-17-10-6-15(21)7-11-17/h1-11,23-24H. The van der Waals surface area contributed by atoms with Gasteiger partial charge in [0.25, 0.3) is 0 Å². The van der Waals surface area contributed by atoms with Gasteiger partial charge in [-0.05, 0) is 60.7 Å². The van der Waals surface area contributed by atoms with E-state index in [9.17, 15) is 5.26 Å². The van der Waals surface area contributed by atoms with Crippen molar-refractivity contribution < 1.29 is 0 Å². The molecule has 0 bridgehead atoms. The Bertz CT molecular complexity index is 882. The Labute approximate surface area is 157 Å². The fourth-order valence-electron chi connectivity index (χ4n) is 2.25. The summed E-state index contributed by atoms with van der Waals surface area (Å²) in [4.78, 5) is 0. The second-order valence-corrected chi connectivity index (χ2v) is 6.94. The molecule has 0 aliphatic heterocycles. The first kappa shape index (κ1) is 16.6. The Kier molecular flexibility index (Phi) is 5.19. The zero-order chi connectivity index (χ0) is 16.9. The van der Waals surface area contributed by atoms with E-state index in [4.69, 9.17) is 0 Å². The van der Waals surface area contributed by atoms with Crippen LogP contribution in [0.3, 0.4) is 0 Å². The summed E-state index contributed by atoms with van der Waals surface area (Å²) in [5, 5.41) is 16.1. The highest BCUT2D eigenvalue weighted by molar-refractivity contribution is 9.10. The molecule has 118 valence electrons. The minimum absolute atomic E-state index is 0.583. The predicted octanol–water partition coefficient (Wildman–Crippen LogP) is 6.57. The average molecular weight is 443 g/mol. The molecule has 3 aromatic rings. The number of nitrogens with zero attached hydrogens (tertiary/aromatic N) is 1. The fraction of sp³-hybridized carbons (Fsp3) is 0. The molecule has 0 saturated carbocycles. The van der Waals surface area contributed by atoms with Crippen LogP contribution in [0.25, 0.3) is 0 Å². The Balaban J connectivity index is 1.95. The number of halogens is 2. The molecule has 5 heteroatoms. The van der Waals surface area contributed by atoms with Crippen LogP contribution in [0.1, 0.15) is 5.56 Å². The smallest absolute Gasteiger partial charge is 0.101 e. The molecule has 24 heavy (non-hydrogen) atoms. The van der Waals surface area contributed by atoms with Gasteiger partial charge in [-0.25, -0.2) is 0 Å². The monoisotopic (exact) mass is 441 g/mol. The molecule has 0 fully saturated rings. The summed E-state index contributed by atoms with van der Waals surface area (Å²) in [6.07, 6.45) is 0. The van der Waals surface area contributed by atoms with E-state index in [1.807, 2.05) is 60.7 Å². The highest BCUT2D eigenvalue weighted by Crippen LogP contribution is 2.32. The van der Waals surface area contributed by atoms with Crippen LogP contribution in [0.15, 0.2) is 75.7 Å². The third-order valence-corrected chi connectivity index (χ3v) is 4.48. The third-order valence-electron chi connectivity index (χ3n) is 3.42. The van der Waals surface area contributed by atoms with E-state index in [-0.39, 0.29) is 0 Å². The lowest BCUT2D eigenvalue weighted by molar-refractivity contribution is 1.44. The van der Waals surface area contributed by atoms with Crippen LogP contribution in [0, 0.1) is 11.3 Å². The number of nitriles is 1. The highest BCUT2D eigenvalue weighted by Gasteiger charge is 2.09. The van der Waals surface area contributed by atoms with Crippen LogP contribution in [0.5, 0.6) is 0 Å². The zero-order valence-corrected chi connectivity index (χ0v) is 15.7. The minimum Gasteiger partial charge on any atom is -0.354 e. The van der Waals surface area contributed by atoms with Crippen LogP contribution >= 0.6 is 31.9 Å². The van der Waals surface area contributed by atoms with Crippen LogP contribution in [0.2, 0.25) is 0 Å². The first-order valence-electron chi connectivity index (χ1n) is 7.24. The molecule has 2 N–H and O–H groups in total. The summed E-state index contributed by atoms with van der Waals surface area (Å²) < 4.78 is 2.03. The van der Waals surface area contributed by atoms with E-state index < -0.39 is 0 Å². The Morgan fingerprint density at radius 3 is 1.79 bits per heavy atom. The zero-order valence-electron chi connectivity index (χ0n) is 12.6. The van der Waals surface area contributed by atoms with Gasteiger partial charge in [-0.1, -0.05) is 37.9 Å². The molecule has 0 radical (unpaired) electrons. The van der Waals surface area contributed by atoms with Gasteiger partial charge in [0.15, 0.2) is 0 Å². The molecule has 0 aliphatic rings. The SMILES string of the molecule is N#Cc1cccc(Nc2ccc(Br)cc2)c1Nc1ccc(Br)cc1. The molecule has 0 atom stereocenters. The van der Waals surface area contributed by atoms with E-state index in [0.717, 1.165) is 31.7 Å². The molecule has 3 nitrogen and oxygen atoms in total. The van der Waals surface area contributed by atoms with Gasteiger partial charge in [-0.15, -0.1) is 0 Å². The summed E-state index contributed by atoms with van der Waals surface area (Å²) in [6, 6.07) is 23.6. The van der Waals surface area contributed by atoms with Crippen LogP contribution < -0.4 is 10.6 Å². The Hall–Kier alpha value is -2.29. The molecule has 3 aromatic carbocycles. The molecule has 0 spiro atoms. The lowest BCUT2D eigenvalue weighted by Gasteiger charge is -2.15. The van der Waals surface area contributed by atoms with Gasteiger partial charge in [0.05, 0.1) is 16.9 Å². The van der Waals surface area contributed by atoms with Crippen molar-refractivity contribution in [2.24, 2.45) is 0 Å². The number of nitrogens with one attached hydrogen (secondary N) is 2. The fourth-order valence-corrected chi connectivity index (χ4v) is 2.78. The molecular formula is C19H13Br2N3. The summed E-state index contributed by atoms with van der Waals surface area (Å²) in [7, 11) is 0. The van der Waals surface area contributed by atoms with E-state index in [0.29, 0.717) is 5.56 Å². The predicted molar refractivity (Wildman–Crippen MR) is 106 cm³/mol. The van der Waals surface area contributed by atoms with Crippen LogP contribution in [-0.2, 0) is 0 Å². The summed E-state index contributed by atoms with van der Waals surface area (Å²) >= 11 is 6.86. The van der Waals surface area contributed by atoms with Crippen molar-refractivity contribution in [1.82, 2.24) is 0 Å². The van der Waals surface area contributed by atoms with E-state index in [1.54, 1.807) is 6.07 Å². The summed E-state index contributed by atoms with van der Waals surface area (Å²) in [5.41, 5.74) is 4.05. The molecule has 0 saturated heterocycles. The maximum Gasteiger partial charge on any atom is 0.101 e. The maximum atomic E-state index is 9.44. The average Bonchev–Trinajstić information content (AvgIpc) is 2.60. The first-order valence-corrected chi connectivity index (χ1v) is 8.82. The second kappa shape index (κ2) is 7.52. The molecule has 0 aliphatic carbocycles. The number of para-hydroxylation sites is 1. The van der Waals surface area contributed by atoms with Crippen LogP contribution in [0.4, 0.5) is 22.7 Å². The van der Waals surface area contributed by atoms with Gasteiger partial charge in [-0.2, -0.15) is 5.26 Å². The van der Waals surface area contributed by atoms with E-state index >= 15 is 0 Å². The Morgan fingerprint density at radius 2 is 1.25 bits per heavy atom. The Morgan fingerprint density at radius 1 is 0.708 bits per heavy atom. The van der Waals surface area contributed by atoms with Crippen molar-refractivity contribution in [3.63, 3.8) is 0 Å². The van der Waals surface area contributed by atoms with Gasteiger partial charge >= 0.3 is 0 Å². The number of anilines is 4. The maximum absolute atomic E-state index is 9.44. The molecule has 3 rings (SSSR count). The van der Waals surface area contributed by atoms with E-state index in [1.165, 1.54) is 0 Å². The quantitative estimate of drug-likeness (QED) is 0.480. The van der Waals surface area contributed by atoms with Crippen molar-refractivity contribution in [2.45, 2.75) is 0 Å². The lowest BCUT2D eigenvalue weighted by atomic mass is 10.1. The molecule has 0 unspecified atom stereocenters. The molecule has 0 aromatic heterocycles. The lowest BCUT2D eigenvalue weighted by Crippen LogP contribution is -2.00. The third kappa shape index (κ3) is 3.97. The van der Waals surface area contributed by atoms with Crippen molar-refractivity contribution in [3.8, 4) is 6.07 Å². The van der Waals surface area contributed by atoms with Crippen molar-refractivity contribution in [3.05, 3.63) is 81.2 Å². The number of hydrogen-bond acceptors (Lipinski definition) is 3. The van der Waals surface area contributed by atoms with Crippen molar-refractivity contribution in [1.29, 1.82) is 5.26 Å². The summed E-state index contributed by atoms with van der Waals surface area (Å²) in [6.45, 7) is 0. The number of rotatable bonds is 4. The van der Waals surface area contributed by atoms with Crippen molar-refractivity contribution in [2.75, 3.05) is 10.6 Å².